The predicted octanol–water partition coefficient (Wildman–Crippen LogP) is 5.08. The van der Waals surface area contributed by atoms with Crippen LogP contribution < -0.4 is 5.32 Å². The Morgan fingerprint density at radius 3 is 2.39 bits per heavy atom. The van der Waals surface area contributed by atoms with Crippen molar-refractivity contribution in [3.8, 4) is 11.4 Å². The summed E-state index contributed by atoms with van der Waals surface area (Å²) in [6, 6.07) is 21.2. The summed E-state index contributed by atoms with van der Waals surface area (Å²) < 4.78 is 24.7. The Morgan fingerprint density at radius 1 is 0.968 bits per heavy atom. The van der Waals surface area contributed by atoms with Crippen molar-refractivity contribution in [3.63, 3.8) is 0 Å². The summed E-state index contributed by atoms with van der Waals surface area (Å²) in [4.78, 5) is 20.2. The Bertz CT molecular complexity index is 1280. The third kappa shape index (κ3) is 5.13. The number of sulfone groups is 1. The highest BCUT2D eigenvalue weighted by atomic mass is 35.5. The molecule has 0 radical (unpaired) electrons. The number of aromatic amines is 1. The van der Waals surface area contributed by atoms with Crippen LogP contribution in [0.15, 0.2) is 77.7 Å². The van der Waals surface area contributed by atoms with Gasteiger partial charge in [0.1, 0.15) is 5.82 Å². The van der Waals surface area contributed by atoms with Crippen molar-refractivity contribution < 1.29 is 13.2 Å². The van der Waals surface area contributed by atoms with Gasteiger partial charge in [0.05, 0.1) is 21.7 Å². The number of aromatic nitrogens is 2. The Hall–Kier alpha value is -3.16. The van der Waals surface area contributed by atoms with Gasteiger partial charge in [0.2, 0.25) is 5.91 Å². The fourth-order valence-corrected chi connectivity index (χ4v) is 4.64. The fourth-order valence-electron chi connectivity index (χ4n) is 3.21. The molecule has 1 aromatic heterocycles. The number of hydrogen-bond acceptors (Lipinski definition) is 4. The molecule has 0 aliphatic carbocycles. The molecule has 0 saturated carbocycles. The number of amides is 1. The number of para-hydroxylation sites is 2. The van der Waals surface area contributed by atoms with E-state index in [4.69, 9.17) is 11.6 Å². The second-order valence-corrected chi connectivity index (χ2v) is 9.65. The number of nitrogens with zero attached hydrogens (tertiary/aromatic N) is 1. The van der Waals surface area contributed by atoms with E-state index in [1.165, 1.54) is 24.3 Å². The molecule has 0 aliphatic rings. The van der Waals surface area contributed by atoms with Crippen molar-refractivity contribution in [3.05, 3.63) is 77.8 Å². The number of halogens is 1. The highest BCUT2D eigenvalue weighted by molar-refractivity contribution is 7.91. The molecule has 0 fully saturated rings. The van der Waals surface area contributed by atoms with E-state index in [2.05, 4.69) is 15.3 Å². The lowest BCUT2D eigenvalue weighted by atomic mass is 10.2. The molecule has 31 heavy (non-hydrogen) atoms. The minimum Gasteiger partial charge on any atom is -0.338 e. The first-order valence-electron chi connectivity index (χ1n) is 9.74. The summed E-state index contributed by atoms with van der Waals surface area (Å²) in [5.74, 6) is 0.418. The van der Waals surface area contributed by atoms with E-state index >= 15 is 0 Å². The third-order valence-corrected chi connectivity index (χ3v) is 6.89. The number of H-pyrrole nitrogens is 1. The Balaban J connectivity index is 1.32. The summed E-state index contributed by atoms with van der Waals surface area (Å²) in [5, 5.41) is 3.28. The lowest BCUT2D eigenvalue weighted by Gasteiger charge is -2.07. The number of nitrogens with one attached hydrogen (secondary N) is 2. The maximum Gasteiger partial charge on any atom is 0.224 e. The van der Waals surface area contributed by atoms with Crippen LogP contribution in [0.5, 0.6) is 0 Å². The Morgan fingerprint density at radius 2 is 1.68 bits per heavy atom. The van der Waals surface area contributed by atoms with Crippen LogP contribution in [0.4, 0.5) is 5.69 Å². The van der Waals surface area contributed by atoms with Gasteiger partial charge in [-0.1, -0.05) is 23.7 Å². The molecule has 1 amide bonds. The molecule has 0 aliphatic heterocycles. The van der Waals surface area contributed by atoms with E-state index in [0.29, 0.717) is 10.7 Å². The number of fused-ring (bicyclic) bond motifs is 1. The molecule has 2 N–H and O–H groups in total. The summed E-state index contributed by atoms with van der Waals surface area (Å²) in [6.45, 7) is 0. The number of hydrogen-bond donors (Lipinski definition) is 2. The van der Waals surface area contributed by atoms with E-state index in [9.17, 15) is 13.2 Å². The second-order valence-electron chi connectivity index (χ2n) is 7.10. The minimum atomic E-state index is -3.44. The van der Waals surface area contributed by atoms with Crippen LogP contribution in [0.25, 0.3) is 22.4 Å². The van der Waals surface area contributed by atoms with Gasteiger partial charge < -0.3 is 10.3 Å². The third-order valence-electron chi connectivity index (χ3n) is 4.82. The minimum absolute atomic E-state index is 0.104. The standard InChI is InChI=1S/C23H20ClN3O3S/c24-17-9-13-19(14-10-17)31(29,30)15-3-6-22(28)25-18-11-7-16(8-12-18)23-26-20-4-1-2-5-21(20)27-23/h1-2,4-5,7-14H,3,6,15H2,(H,25,28)(H,26,27). The molecule has 6 nitrogen and oxygen atoms in total. The molecule has 158 valence electrons. The first-order chi connectivity index (χ1) is 14.9. The van der Waals surface area contributed by atoms with Crippen LogP contribution in [0.1, 0.15) is 12.8 Å². The monoisotopic (exact) mass is 453 g/mol. The quantitative estimate of drug-likeness (QED) is 0.408. The van der Waals surface area contributed by atoms with Crippen LogP contribution in [-0.2, 0) is 14.6 Å². The predicted molar refractivity (Wildman–Crippen MR) is 123 cm³/mol. The summed E-state index contributed by atoms with van der Waals surface area (Å²) >= 11 is 5.79. The van der Waals surface area contributed by atoms with Crippen LogP contribution in [0.2, 0.25) is 5.02 Å². The summed E-state index contributed by atoms with van der Waals surface area (Å²) in [7, 11) is -3.44. The first-order valence-corrected chi connectivity index (χ1v) is 11.8. The van der Waals surface area contributed by atoms with Gasteiger partial charge in [-0.25, -0.2) is 13.4 Å². The molecular formula is C23H20ClN3O3S. The first kappa shape index (κ1) is 21.1. The topological polar surface area (TPSA) is 91.9 Å². The summed E-state index contributed by atoms with van der Waals surface area (Å²) in [6.07, 6.45) is 0.339. The van der Waals surface area contributed by atoms with Gasteiger partial charge >= 0.3 is 0 Å². The zero-order valence-electron chi connectivity index (χ0n) is 16.5. The van der Waals surface area contributed by atoms with Crippen molar-refractivity contribution in [1.29, 1.82) is 0 Å². The number of benzene rings is 3. The molecule has 0 bridgehead atoms. The van der Waals surface area contributed by atoms with Crippen molar-refractivity contribution in [2.45, 2.75) is 17.7 Å². The maximum absolute atomic E-state index is 12.3. The zero-order chi connectivity index (χ0) is 21.8. The molecule has 0 atom stereocenters. The Labute approximate surface area is 185 Å². The van der Waals surface area contributed by atoms with Crippen LogP contribution >= 0.6 is 11.6 Å². The number of rotatable bonds is 7. The van der Waals surface area contributed by atoms with Gasteiger partial charge in [-0.15, -0.1) is 0 Å². The van der Waals surface area contributed by atoms with Gasteiger partial charge in [0.25, 0.3) is 0 Å². The molecule has 8 heteroatoms. The van der Waals surface area contributed by atoms with Crippen LogP contribution in [0, 0.1) is 0 Å². The van der Waals surface area contributed by atoms with Crippen molar-refractivity contribution in [2.24, 2.45) is 0 Å². The van der Waals surface area contributed by atoms with Gasteiger partial charge in [-0.2, -0.15) is 0 Å². The van der Waals surface area contributed by atoms with Gasteiger partial charge in [0, 0.05) is 22.7 Å². The average Bonchev–Trinajstić information content (AvgIpc) is 3.19. The molecular weight excluding hydrogens is 434 g/mol. The van der Waals surface area contributed by atoms with Crippen LogP contribution in [-0.4, -0.2) is 30.0 Å². The van der Waals surface area contributed by atoms with Crippen molar-refractivity contribution in [2.75, 3.05) is 11.1 Å². The number of anilines is 1. The Kier molecular flexibility index (Phi) is 6.06. The fraction of sp³-hybridized carbons (Fsp3) is 0.130. The average molecular weight is 454 g/mol. The molecule has 4 rings (SSSR count). The van der Waals surface area contributed by atoms with E-state index in [1.54, 1.807) is 12.1 Å². The summed E-state index contributed by atoms with van der Waals surface area (Å²) in [5.41, 5.74) is 3.40. The smallest absolute Gasteiger partial charge is 0.224 e. The van der Waals surface area contributed by atoms with Crippen LogP contribution in [0.3, 0.4) is 0 Å². The SMILES string of the molecule is O=C(CCCS(=O)(=O)c1ccc(Cl)cc1)Nc1ccc(-c2nc3ccccc3[nH]2)cc1. The molecule has 0 unspecified atom stereocenters. The number of carbonyl (C=O) groups is 1. The van der Waals surface area contributed by atoms with Gasteiger partial charge in [-0.05, 0) is 67.1 Å². The van der Waals surface area contributed by atoms with E-state index in [1.807, 2.05) is 36.4 Å². The van der Waals surface area contributed by atoms with E-state index in [0.717, 1.165) is 22.4 Å². The zero-order valence-corrected chi connectivity index (χ0v) is 18.1. The van der Waals surface area contributed by atoms with Gasteiger partial charge in [0.15, 0.2) is 9.84 Å². The van der Waals surface area contributed by atoms with E-state index < -0.39 is 9.84 Å². The molecule has 4 aromatic rings. The number of imidazole rings is 1. The lowest BCUT2D eigenvalue weighted by Crippen LogP contribution is -2.14. The molecule has 3 aromatic carbocycles. The molecule has 0 saturated heterocycles. The van der Waals surface area contributed by atoms with E-state index in [-0.39, 0.29) is 29.4 Å². The molecule has 1 heterocycles. The maximum atomic E-state index is 12.3. The van der Waals surface area contributed by atoms with Gasteiger partial charge in [-0.3, -0.25) is 4.79 Å². The molecule has 0 spiro atoms. The highest BCUT2D eigenvalue weighted by Crippen LogP contribution is 2.22. The highest BCUT2D eigenvalue weighted by Gasteiger charge is 2.15. The second kappa shape index (κ2) is 8.91. The largest absolute Gasteiger partial charge is 0.338 e. The normalized spacial score (nSPS) is 11.5. The lowest BCUT2D eigenvalue weighted by molar-refractivity contribution is -0.116. The van der Waals surface area contributed by atoms with Crippen molar-refractivity contribution >= 4 is 44.1 Å². The number of carbonyl (C=O) groups excluding carboxylic acids is 1. The van der Waals surface area contributed by atoms with Crippen molar-refractivity contribution in [1.82, 2.24) is 9.97 Å².